The van der Waals surface area contributed by atoms with Gasteiger partial charge in [-0.2, -0.15) is 0 Å². The standard InChI is InChI=1S/C6H13NO3/c1-4-5(10-4)3-7-6(8)9-2/h4-8H,3H2,1-2H3. The number of hydrogen-bond donors (Lipinski definition) is 2. The van der Waals surface area contributed by atoms with Crippen LogP contribution in [0.4, 0.5) is 0 Å². The van der Waals surface area contributed by atoms with E-state index in [1.165, 1.54) is 7.11 Å². The molecule has 1 aliphatic heterocycles. The van der Waals surface area contributed by atoms with Crippen LogP contribution in [0.15, 0.2) is 0 Å². The van der Waals surface area contributed by atoms with Crippen LogP contribution in [0.25, 0.3) is 0 Å². The summed E-state index contributed by atoms with van der Waals surface area (Å²) in [5, 5.41) is 11.6. The molecule has 0 aliphatic carbocycles. The zero-order valence-electron chi connectivity index (χ0n) is 6.20. The van der Waals surface area contributed by atoms with Crippen molar-refractivity contribution in [1.82, 2.24) is 5.32 Å². The fraction of sp³-hybridized carbons (Fsp3) is 1.00. The highest BCUT2D eigenvalue weighted by atomic mass is 16.6. The number of aliphatic hydroxyl groups is 1. The summed E-state index contributed by atoms with van der Waals surface area (Å²) in [6, 6.07) is 0. The van der Waals surface area contributed by atoms with Gasteiger partial charge in [0.2, 0.25) is 6.41 Å². The second-order valence-corrected chi connectivity index (χ2v) is 2.38. The molecule has 0 spiro atoms. The fourth-order valence-corrected chi connectivity index (χ4v) is 0.745. The van der Waals surface area contributed by atoms with E-state index < -0.39 is 6.41 Å². The molecule has 1 aliphatic rings. The van der Waals surface area contributed by atoms with Crippen molar-refractivity contribution in [2.45, 2.75) is 25.5 Å². The minimum absolute atomic E-state index is 0.254. The monoisotopic (exact) mass is 147 g/mol. The van der Waals surface area contributed by atoms with Crippen molar-refractivity contribution < 1.29 is 14.6 Å². The van der Waals surface area contributed by atoms with Crippen molar-refractivity contribution >= 4 is 0 Å². The molecule has 4 nitrogen and oxygen atoms in total. The lowest BCUT2D eigenvalue weighted by atomic mass is 10.3. The van der Waals surface area contributed by atoms with Gasteiger partial charge in [0.05, 0.1) is 12.2 Å². The summed E-state index contributed by atoms with van der Waals surface area (Å²) in [5.74, 6) is 0. The number of hydrogen-bond acceptors (Lipinski definition) is 4. The maximum Gasteiger partial charge on any atom is 0.213 e. The van der Waals surface area contributed by atoms with E-state index in [9.17, 15) is 0 Å². The lowest BCUT2D eigenvalue weighted by molar-refractivity contribution is -0.0969. The molecule has 3 unspecified atom stereocenters. The number of ether oxygens (including phenoxy) is 2. The van der Waals surface area contributed by atoms with E-state index in [4.69, 9.17) is 9.84 Å². The summed E-state index contributed by atoms with van der Waals surface area (Å²) in [6.07, 6.45) is -0.280. The molecule has 2 N–H and O–H groups in total. The zero-order valence-corrected chi connectivity index (χ0v) is 6.20. The average molecular weight is 147 g/mol. The molecule has 0 bridgehead atoms. The van der Waals surface area contributed by atoms with E-state index >= 15 is 0 Å². The summed E-state index contributed by atoms with van der Waals surface area (Å²) in [7, 11) is 1.44. The second-order valence-electron chi connectivity index (χ2n) is 2.38. The van der Waals surface area contributed by atoms with Crippen LogP contribution in [0.5, 0.6) is 0 Å². The third-order valence-electron chi connectivity index (χ3n) is 1.55. The predicted molar refractivity (Wildman–Crippen MR) is 35.4 cm³/mol. The number of epoxide rings is 1. The molecule has 0 aromatic carbocycles. The minimum atomic E-state index is -0.864. The Morgan fingerprint density at radius 1 is 1.80 bits per heavy atom. The third kappa shape index (κ3) is 2.22. The van der Waals surface area contributed by atoms with E-state index in [2.05, 4.69) is 10.1 Å². The van der Waals surface area contributed by atoms with Crippen molar-refractivity contribution in [3.8, 4) is 0 Å². The number of rotatable bonds is 4. The van der Waals surface area contributed by atoms with E-state index in [-0.39, 0.29) is 6.10 Å². The van der Waals surface area contributed by atoms with Gasteiger partial charge in [0.1, 0.15) is 0 Å². The topological polar surface area (TPSA) is 54.0 Å². The summed E-state index contributed by atoms with van der Waals surface area (Å²) in [5.41, 5.74) is 0. The van der Waals surface area contributed by atoms with Gasteiger partial charge < -0.3 is 14.6 Å². The van der Waals surface area contributed by atoms with Crippen LogP contribution < -0.4 is 5.32 Å². The van der Waals surface area contributed by atoms with Crippen molar-refractivity contribution in [2.24, 2.45) is 0 Å². The van der Waals surface area contributed by atoms with Crippen molar-refractivity contribution in [3.05, 3.63) is 0 Å². The molecule has 0 amide bonds. The maximum atomic E-state index is 8.83. The molecular weight excluding hydrogens is 134 g/mol. The lowest BCUT2D eigenvalue weighted by Gasteiger charge is -2.07. The van der Waals surface area contributed by atoms with Gasteiger partial charge in [-0.15, -0.1) is 0 Å². The van der Waals surface area contributed by atoms with Gasteiger partial charge in [-0.1, -0.05) is 0 Å². The van der Waals surface area contributed by atoms with Crippen molar-refractivity contribution in [3.63, 3.8) is 0 Å². The first kappa shape index (κ1) is 7.94. The second kappa shape index (κ2) is 3.30. The minimum Gasteiger partial charge on any atom is -0.369 e. The zero-order chi connectivity index (χ0) is 7.56. The molecule has 1 fully saturated rings. The van der Waals surface area contributed by atoms with E-state index in [1.807, 2.05) is 6.92 Å². The Labute approximate surface area is 60.1 Å². The summed E-state index contributed by atoms with van der Waals surface area (Å²) in [6.45, 7) is 2.64. The van der Waals surface area contributed by atoms with Crippen LogP contribution in [0, 0.1) is 0 Å². The summed E-state index contributed by atoms with van der Waals surface area (Å²) < 4.78 is 9.64. The van der Waals surface area contributed by atoms with Gasteiger partial charge >= 0.3 is 0 Å². The largest absolute Gasteiger partial charge is 0.369 e. The Morgan fingerprint density at radius 2 is 2.40 bits per heavy atom. The molecule has 3 atom stereocenters. The number of methoxy groups -OCH3 is 1. The molecule has 1 rings (SSSR count). The van der Waals surface area contributed by atoms with Gasteiger partial charge in [-0.25, -0.2) is 0 Å². The lowest BCUT2D eigenvalue weighted by Crippen LogP contribution is -2.33. The smallest absolute Gasteiger partial charge is 0.213 e. The number of aliphatic hydroxyl groups excluding tert-OH is 1. The fourth-order valence-electron chi connectivity index (χ4n) is 0.745. The molecule has 1 heterocycles. The molecule has 60 valence electrons. The molecule has 1 saturated heterocycles. The van der Waals surface area contributed by atoms with Gasteiger partial charge in [0.15, 0.2) is 0 Å². The quantitative estimate of drug-likeness (QED) is 0.407. The predicted octanol–water partition coefficient (Wildman–Crippen LogP) is -0.714. The van der Waals surface area contributed by atoms with Crippen LogP contribution in [0.3, 0.4) is 0 Å². The van der Waals surface area contributed by atoms with Gasteiger partial charge in [0, 0.05) is 13.7 Å². The Bertz CT molecular complexity index is 105. The first-order valence-corrected chi connectivity index (χ1v) is 3.33. The van der Waals surface area contributed by atoms with Crippen molar-refractivity contribution in [1.29, 1.82) is 0 Å². The van der Waals surface area contributed by atoms with Crippen LogP contribution in [-0.2, 0) is 9.47 Å². The summed E-state index contributed by atoms with van der Waals surface area (Å²) in [4.78, 5) is 0. The highest BCUT2D eigenvalue weighted by molar-refractivity contribution is 4.81. The highest BCUT2D eigenvalue weighted by Gasteiger charge is 2.33. The molecule has 0 radical (unpaired) electrons. The molecule has 10 heavy (non-hydrogen) atoms. The van der Waals surface area contributed by atoms with E-state index in [0.29, 0.717) is 12.6 Å². The molecule has 0 aromatic heterocycles. The normalized spacial score (nSPS) is 33.9. The van der Waals surface area contributed by atoms with Crippen LogP contribution >= 0.6 is 0 Å². The van der Waals surface area contributed by atoms with Crippen LogP contribution in [0.2, 0.25) is 0 Å². The number of nitrogens with one attached hydrogen (secondary N) is 1. The van der Waals surface area contributed by atoms with Gasteiger partial charge in [-0.05, 0) is 6.92 Å². The molecule has 0 saturated carbocycles. The van der Waals surface area contributed by atoms with Crippen LogP contribution in [-0.4, -0.2) is 37.4 Å². The Kier molecular flexibility index (Phi) is 2.62. The maximum absolute atomic E-state index is 8.83. The summed E-state index contributed by atoms with van der Waals surface area (Å²) >= 11 is 0. The van der Waals surface area contributed by atoms with E-state index in [0.717, 1.165) is 0 Å². The Morgan fingerprint density at radius 3 is 2.80 bits per heavy atom. The van der Waals surface area contributed by atoms with Crippen LogP contribution in [0.1, 0.15) is 6.92 Å². The molecule has 4 heteroatoms. The Balaban J connectivity index is 1.95. The SMILES string of the molecule is COC(O)NCC1OC1C. The third-order valence-corrected chi connectivity index (χ3v) is 1.55. The Hall–Kier alpha value is -0.160. The van der Waals surface area contributed by atoms with E-state index in [1.54, 1.807) is 0 Å². The molecular formula is C6H13NO3. The van der Waals surface area contributed by atoms with Gasteiger partial charge in [0.25, 0.3) is 0 Å². The van der Waals surface area contributed by atoms with Crippen molar-refractivity contribution in [2.75, 3.05) is 13.7 Å². The molecule has 0 aromatic rings. The first-order valence-electron chi connectivity index (χ1n) is 3.33. The van der Waals surface area contributed by atoms with Gasteiger partial charge in [-0.3, -0.25) is 5.32 Å². The average Bonchev–Trinajstić information content (AvgIpc) is 2.61. The first-order chi connectivity index (χ1) is 4.74. The highest BCUT2D eigenvalue weighted by Crippen LogP contribution is 2.19.